The highest BCUT2D eigenvalue weighted by Crippen LogP contribution is 2.41. The zero-order valence-corrected chi connectivity index (χ0v) is 24.6. The lowest BCUT2D eigenvalue weighted by Crippen LogP contribution is -2.00. The molecule has 0 unspecified atom stereocenters. The van der Waals surface area contributed by atoms with Gasteiger partial charge in [-0.3, -0.25) is 0 Å². The van der Waals surface area contributed by atoms with Crippen molar-refractivity contribution in [1.29, 1.82) is 0 Å². The number of aromatic nitrogens is 3. The maximum Gasteiger partial charge on any atom is 0.164 e. The molecule has 7 aromatic carbocycles. The van der Waals surface area contributed by atoms with Crippen molar-refractivity contribution < 1.29 is 6.85 Å². The van der Waals surface area contributed by atoms with E-state index in [0.717, 1.165) is 58.4 Å². The molecule has 9 rings (SSSR count). The average Bonchev–Trinajstić information content (AvgIpc) is 3.54. The number of fused-ring (bicyclic) bond motifs is 5. The summed E-state index contributed by atoms with van der Waals surface area (Å²) in [6.07, 6.45) is 0. The third kappa shape index (κ3) is 4.55. The summed E-state index contributed by atoms with van der Waals surface area (Å²) in [5, 5.41) is 6.42. The molecule has 0 amide bonds. The maximum absolute atomic E-state index is 8.61. The molecule has 0 bridgehead atoms. The Hall–Kier alpha value is -5.71. The van der Waals surface area contributed by atoms with E-state index in [1.54, 1.807) is 0 Å². The summed E-state index contributed by atoms with van der Waals surface area (Å²) < 4.78 is 43.6. The van der Waals surface area contributed by atoms with Crippen LogP contribution >= 0.6 is 11.3 Å². The van der Waals surface area contributed by atoms with Crippen molar-refractivity contribution in [3.8, 4) is 45.3 Å². The Balaban J connectivity index is 1.23. The third-order valence-corrected chi connectivity index (χ3v) is 9.38. The minimum atomic E-state index is -0.402. The van der Waals surface area contributed by atoms with E-state index >= 15 is 0 Å². The average molecular weight is 597 g/mol. The second-order valence-electron chi connectivity index (χ2n) is 10.9. The van der Waals surface area contributed by atoms with Crippen LogP contribution in [0.2, 0.25) is 0 Å². The fraction of sp³-hybridized carbons (Fsp3) is 0. The smallest absolute Gasteiger partial charge is 0.164 e. The second-order valence-corrected chi connectivity index (χ2v) is 12.0. The van der Waals surface area contributed by atoms with E-state index < -0.39 is 6.04 Å². The molecule has 4 heteroatoms. The Morgan fingerprint density at radius 3 is 1.62 bits per heavy atom. The largest absolute Gasteiger partial charge is 0.208 e. The number of benzene rings is 7. The highest BCUT2D eigenvalue weighted by atomic mass is 32.1. The summed E-state index contributed by atoms with van der Waals surface area (Å²) in [7, 11) is 0. The van der Waals surface area contributed by atoms with Crippen LogP contribution in [0.5, 0.6) is 0 Å². The van der Waals surface area contributed by atoms with Crippen LogP contribution in [0.1, 0.15) is 6.85 Å². The molecular formula is C41H25N3S. The summed E-state index contributed by atoms with van der Waals surface area (Å²) in [6.45, 7) is 0. The number of hydrogen-bond acceptors (Lipinski definition) is 4. The van der Waals surface area contributed by atoms with E-state index in [-0.39, 0.29) is 29.7 Å². The van der Waals surface area contributed by atoms with Gasteiger partial charge in [-0.05, 0) is 50.9 Å². The Morgan fingerprint density at radius 2 is 1.00 bits per heavy atom. The zero-order valence-electron chi connectivity index (χ0n) is 28.8. The summed E-state index contributed by atoms with van der Waals surface area (Å²) in [5.74, 6) is 1.68. The Bertz CT molecular complexity index is 2720. The summed E-state index contributed by atoms with van der Waals surface area (Å²) in [6, 6.07) is 39.2. The van der Waals surface area contributed by atoms with Gasteiger partial charge in [0.1, 0.15) is 0 Å². The molecule has 3 nitrogen and oxygen atoms in total. The van der Waals surface area contributed by atoms with Gasteiger partial charge in [0.15, 0.2) is 17.5 Å². The Labute approximate surface area is 271 Å². The van der Waals surface area contributed by atoms with Crippen LogP contribution in [-0.4, -0.2) is 15.0 Å². The molecule has 0 aliphatic heterocycles. The van der Waals surface area contributed by atoms with Gasteiger partial charge in [0, 0.05) is 36.9 Å². The van der Waals surface area contributed by atoms with Gasteiger partial charge >= 0.3 is 0 Å². The third-order valence-electron chi connectivity index (χ3n) is 8.18. The molecule has 0 radical (unpaired) electrons. The first-order chi connectivity index (χ1) is 24.3. The molecular weight excluding hydrogens is 567 g/mol. The van der Waals surface area contributed by atoms with Crippen LogP contribution < -0.4 is 0 Å². The first-order valence-electron chi connectivity index (χ1n) is 17.1. The van der Waals surface area contributed by atoms with Gasteiger partial charge in [0.05, 0.1) is 6.85 Å². The number of thiophene rings is 1. The van der Waals surface area contributed by atoms with Crippen molar-refractivity contribution in [2.45, 2.75) is 0 Å². The standard InChI is InChI=1S/C41H25N3S/c1-2-11-28(12-3-1)34-15-8-16-36-35-22-21-33(25-37(35)45-38(34)36)41-43-39(31-19-17-26-9-4-6-13-29(26)23-31)42-40(44-41)32-20-18-27-10-5-7-14-30(27)24-32/h1-25H/i1D,2D,3D,11D,12D. The molecule has 45 heavy (non-hydrogen) atoms. The Morgan fingerprint density at radius 1 is 0.444 bits per heavy atom. The van der Waals surface area contributed by atoms with Crippen molar-refractivity contribution >= 4 is 53.1 Å². The van der Waals surface area contributed by atoms with Crippen molar-refractivity contribution in [3.63, 3.8) is 0 Å². The van der Waals surface area contributed by atoms with Crippen molar-refractivity contribution in [3.05, 3.63) is 152 Å². The van der Waals surface area contributed by atoms with Gasteiger partial charge in [0.25, 0.3) is 0 Å². The van der Waals surface area contributed by atoms with E-state index in [2.05, 4.69) is 54.6 Å². The molecule has 0 fully saturated rings. The molecule has 0 atom stereocenters. The molecule has 0 spiro atoms. The minimum absolute atomic E-state index is 0.200. The fourth-order valence-corrected chi connectivity index (χ4v) is 7.20. The number of hydrogen-bond donors (Lipinski definition) is 0. The maximum atomic E-state index is 8.61. The predicted molar refractivity (Wildman–Crippen MR) is 189 cm³/mol. The topological polar surface area (TPSA) is 38.7 Å². The molecule has 9 aromatic rings. The summed E-state index contributed by atoms with van der Waals surface area (Å²) >= 11 is 1.52. The van der Waals surface area contributed by atoms with E-state index in [4.69, 9.17) is 21.8 Å². The Kier molecular flexibility index (Phi) is 4.90. The van der Waals surface area contributed by atoms with Gasteiger partial charge in [-0.25, -0.2) is 15.0 Å². The van der Waals surface area contributed by atoms with Crippen LogP contribution in [0, 0.1) is 0 Å². The highest BCUT2D eigenvalue weighted by molar-refractivity contribution is 7.26. The van der Waals surface area contributed by atoms with Crippen LogP contribution in [0.15, 0.2) is 152 Å². The van der Waals surface area contributed by atoms with Gasteiger partial charge in [-0.1, -0.05) is 133 Å². The first-order valence-corrected chi connectivity index (χ1v) is 15.4. The predicted octanol–water partition coefficient (Wildman–Crippen LogP) is 11.2. The minimum Gasteiger partial charge on any atom is -0.208 e. The lowest BCUT2D eigenvalue weighted by atomic mass is 10.0. The van der Waals surface area contributed by atoms with Crippen LogP contribution in [0.25, 0.3) is 87.0 Å². The van der Waals surface area contributed by atoms with Gasteiger partial charge in [-0.15, -0.1) is 11.3 Å². The lowest BCUT2D eigenvalue weighted by Gasteiger charge is -2.10. The number of nitrogens with zero attached hydrogens (tertiary/aromatic N) is 3. The van der Waals surface area contributed by atoms with Crippen LogP contribution in [0.3, 0.4) is 0 Å². The molecule has 0 saturated carbocycles. The van der Waals surface area contributed by atoms with Crippen LogP contribution in [-0.2, 0) is 0 Å². The van der Waals surface area contributed by atoms with E-state index in [1.165, 1.54) is 11.3 Å². The van der Waals surface area contributed by atoms with E-state index in [0.29, 0.717) is 23.0 Å². The normalized spacial score (nSPS) is 13.1. The SMILES string of the molecule is [2H]c1c([2H])c([2H])c(-c2cccc3c2sc2cc(-c4nc(-c5ccc6ccccc6c5)nc(-c5ccc6ccccc6c5)n4)ccc23)c([2H])c1[2H]. The van der Waals surface area contributed by atoms with Crippen LogP contribution in [0.4, 0.5) is 0 Å². The quantitative estimate of drug-likeness (QED) is 0.203. The van der Waals surface area contributed by atoms with E-state index in [1.807, 2.05) is 66.7 Å². The van der Waals surface area contributed by atoms with Crippen molar-refractivity contribution in [2.75, 3.05) is 0 Å². The van der Waals surface area contributed by atoms with Gasteiger partial charge < -0.3 is 0 Å². The molecule has 0 aliphatic rings. The fourth-order valence-electron chi connectivity index (χ4n) is 5.94. The molecule has 0 aliphatic carbocycles. The zero-order chi connectivity index (χ0) is 34.1. The molecule has 2 aromatic heterocycles. The molecule has 0 saturated heterocycles. The van der Waals surface area contributed by atoms with Gasteiger partial charge in [-0.2, -0.15) is 0 Å². The molecule has 0 N–H and O–H groups in total. The molecule has 2 heterocycles. The van der Waals surface area contributed by atoms with Gasteiger partial charge in [0.2, 0.25) is 0 Å². The highest BCUT2D eigenvalue weighted by Gasteiger charge is 2.16. The summed E-state index contributed by atoms with van der Waals surface area (Å²) in [5.41, 5.74) is 3.41. The molecule has 210 valence electrons. The number of rotatable bonds is 4. The second kappa shape index (κ2) is 10.5. The first kappa shape index (κ1) is 21.1. The lowest BCUT2D eigenvalue weighted by molar-refractivity contribution is 1.08. The summed E-state index contributed by atoms with van der Waals surface area (Å²) in [4.78, 5) is 15.0. The van der Waals surface area contributed by atoms with Crippen molar-refractivity contribution in [2.24, 2.45) is 0 Å². The van der Waals surface area contributed by atoms with E-state index in [9.17, 15) is 0 Å². The monoisotopic (exact) mass is 596 g/mol. The van der Waals surface area contributed by atoms with Crippen molar-refractivity contribution in [1.82, 2.24) is 15.0 Å².